The highest BCUT2D eigenvalue weighted by Gasteiger charge is 2.16. The summed E-state index contributed by atoms with van der Waals surface area (Å²) in [5, 5.41) is 9.08. The van der Waals surface area contributed by atoms with Crippen LogP contribution in [-0.4, -0.2) is 23.7 Å². The molecule has 128 valence electrons. The number of rotatable bonds is 7. The summed E-state index contributed by atoms with van der Waals surface area (Å²) in [6.07, 6.45) is 0.159. The summed E-state index contributed by atoms with van der Waals surface area (Å²) < 4.78 is 39.9. The standard InChI is InChI=1S/C17H17F3N2O2/c18-14-10-16(20)15(19)9-12(14)8-13(6-7-23)21-22-17(24)11-4-2-1-3-5-11/h1-5,9-10,13,21,23H,6-8H2,(H,22,24)/t13-/m0/s1. The van der Waals surface area contributed by atoms with Crippen molar-refractivity contribution >= 4 is 5.91 Å². The maximum absolute atomic E-state index is 13.7. The van der Waals surface area contributed by atoms with Gasteiger partial charge in [-0.2, -0.15) is 0 Å². The zero-order chi connectivity index (χ0) is 17.5. The molecule has 0 bridgehead atoms. The zero-order valence-corrected chi connectivity index (χ0v) is 12.7. The number of benzene rings is 2. The van der Waals surface area contributed by atoms with Crippen molar-refractivity contribution in [1.29, 1.82) is 0 Å². The first-order chi connectivity index (χ1) is 11.5. The lowest BCUT2D eigenvalue weighted by atomic mass is 10.0. The van der Waals surface area contributed by atoms with Crippen LogP contribution >= 0.6 is 0 Å². The van der Waals surface area contributed by atoms with E-state index in [1.54, 1.807) is 30.3 Å². The summed E-state index contributed by atoms with van der Waals surface area (Å²) in [5.41, 5.74) is 5.52. The molecule has 0 aliphatic heterocycles. The van der Waals surface area contributed by atoms with Crippen LogP contribution in [0.5, 0.6) is 0 Å². The van der Waals surface area contributed by atoms with Crippen molar-refractivity contribution in [2.24, 2.45) is 0 Å². The topological polar surface area (TPSA) is 61.4 Å². The van der Waals surface area contributed by atoms with Crippen LogP contribution in [0.25, 0.3) is 0 Å². The van der Waals surface area contributed by atoms with E-state index in [4.69, 9.17) is 5.11 Å². The Kier molecular flexibility index (Phi) is 6.34. The fourth-order valence-corrected chi connectivity index (χ4v) is 2.20. The Balaban J connectivity index is 2.02. The predicted octanol–water partition coefficient (Wildman–Crippen LogP) is 2.33. The Morgan fingerprint density at radius 3 is 2.38 bits per heavy atom. The summed E-state index contributed by atoms with van der Waals surface area (Å²) in [7, 11) is 0. The summed E-state index contributed by atoms with van der Waals surface area (Å²) >= 11 is 0. The molecule has 0 radical (unpaired) electrons. The quantitative estimate of drug-likeness (QED) is 0.536. The van der Waals surface area contributed by atoms with Gasteiger partial charge in [-0.1, -0.05) is 18.2 Å². The van der Waals surface area contributed by atoms with E-state index in [-0.39, 0.29) is 25.0 Å². The molecule has 0 saturated carbocycles. The minimum atomic E-state index is -1.26. The van der Waals surface area contributed by atoms with Crippen molar-refractivity contribution in [3.63, 3.8) is 0 Å². The number of carbonyl (C=O) groups excluding carboxylic acids is 1. The van der Waals surface area contributed by atoms with Gasteiger partial charge in [0.15, 0.2) is 11.6 Å². The van der Waals surface area contributed by atoms with Crippen molar-refractivity contribution < 1.29 is 23.1 Å². The SMILES string of the molecule is O=C(NN[C@@H](CCO)Cc1cc(F)c(F)cc1F)c1ccccc1. The molecule has 0 heterocycles. The molecule has 2 rings (SSSR count). The van der Waals surface area contributed by atoms with Gasteiger partial charge in [0.2, 0.25) is 0 Å². The molecule has 0 spiro atoms. The minimum Gasteiger partial charge on any atom is -0.396 e. The van der Waals surface area contributed by atoms with Crippen LogP contribution in [0, 0.1) is 17.5 Å². The molecule has 0 saturated heterocycles. The summed E-state index contributed by atoms with van der Waals surface area (Å²) in [6.45, 7) is -0.218. The highest BCUT2D eigenvalue weighted by molar-refractivity contribution is 5.93. The fraction of sp³-hybridized carbons (Fsp3) is 0.235. The second-order valence-corrected chi connectivity index (χ2v) is 5.24. The van der Waals surface area contributed by atoms with Crippen LogP contribution in [0.1, 0.15) is 22.3 Å². The van der Waals surface area contributed by atoms with E-state index in [1.165, 1.54) is 0 Å². The molecule has 0 aliphatic rings. The minimum absolute atomic E-state index is 0.0291. The van der Waals surface area contributed by atoms with Crippen molar-refractivity contribution in [1.82, 2.24) is 10.9 Å². The van der Waals surface area contributed by atoms with Gasteiger partial charge in [-0.25, -0.2) is 18.6 Å². The Labute approximate surface area is 137 Å². The number of nitrogens with one attached hydrogen (secondary N) is 2. The van der Waals surface area contributed by atoms with E-state index in [0.717, 1.165) is 6.07 Å². The maximum atomic E-state index is 13.7. The van der Waals surface area contributed by atoms with Gasteiger partial charge in [-0.15, -0.1) is 0 Å². The van der Waals surface area contributed by atoms with E-state index in [1.807, 2.05) is 0 Å². The molecule has 24 heavy (non-hydrogen) atoms. The summed E-state index contributed by atoms with van der Waals surface area (Å²) in [6, 6.07) is 9.11. The third kappa shape index (κ3) is 4.81. The lowest BCUT2D eigenvalue weighted by molar-refractivity contribution is 0.0920. The first-order valence-corrected chi connectivity index (χ1v) is 7.36. The van der Waals surface area contributed by atoms with Crippen LogP contribution in [0.15, 0.2) is 42.5 Å². The van der Waals surface area contributed by atoms with Gasteiger partial charge in [0.1, 0.15) is 5.82 Å². The molecule has 0 aromatic heterocycles. The molecule has 3 N–H and O–H groups in total. The molecular weight excluding hydrogens is 321 g/mol. The predicted molar refractivity (Wildman–Crippen MR) is 82.6 cm³/mol. The molecular formula is C17H17F3N2O2. The Bertz CT molecular complexity index is 696. The molecule has 2 aromatic carbocycles. The molecule has 2 aromatic rings. The number of hydrazine groups is 1. The molecule has 7 heteroatoms. The van der Waals surface area contributed by atoms with Crippen LogP contribution in [-0.2, 0) is 6.42 Å². The van der Waals surface area contributed by atoms with E-state index in [2.05, 4.69) is 10.9 Å². The zero-order valence-electron chi connectivity index (χ0n) is 12.7. The second kappa shape index (κ2) is 8.47. The van der Waals surface area contributed by atoms with Gasteiger partial charge in [-0.3, -0.25) is 10.2 Å². The molecule has 1 atom stereocenters. The van der Waals surface area contributed by atoms with Crippen LogP contribution in [0.3, 0.4) is 0 Å². The Hall–Kier alpha value is -2.38. The maximum Gasteiger partial charge on any atom is 0.265 e. The number of hydrogen-bond donors (Lipinski definition) is 3. The summed E-state index contributed by atoms with van der Waals surface area (Å²) in [4.78, 5) is 12.0. The van der Waals surface area contributed by atoms with Gasteiger partial charge >= 0.3 is 0 Å². The van der Waals surface area contributed by atoms with Crippen molar-refractivity contribution in [3.05, 3.63) is 71.0 Å². The van der Waals surface area contributed by atoms with E-state index >= 15 is 0 Å². The monoisotopic (exact) mass is 338 g/mol. The van der Waals surface area contributed by atoms with Crippen LogP contribution in [0.2, 0.25) is 0 Å². The molecule has 0 unspecified atom stereocenters. The Morgan fingerprint density at radius 2 is 1.71 bits per heavy atom. The molecule has 0 fully saturated rings. The third-order valence-electron chi connectivity index (χ3n) is 3.46. The number of aliphatic hydroxyl groups excluding tert-OH is 1. The first-order valence-electron chi connectivity index (χ1n) is 7.36. The van der Waals surface area contributed by atoms with Gasteiger partial charge in [0.25, 0.3) is 5.91 Å². The second-order valence-electron chi connectivity index (χ2n) is 5.24. The van der Waals surface area contributed by atoms with Crippen LogP contribution < -0.4 is 10.9 Å². The van der Waals surface area contributed by atoms with Crippen molar-refractivity contribution in [2.45, 2.75) is 18.9 Å². The Morgan fingerprint density at radius 1 is 1.04 bits per heavy atom. The first kappa shape index (κ1) is 18.0. The van der Waals surface area contributed by atoms with E-state index < -0.39 is 29.4 Å². The number of halogens is 3. The average Bonchev–Trinajstić information content (AvgIpc) is 2.58. The third-order valence-corrected chi connectivity index (χ3v) is 3.46. The highest BCUT2D eigenvalue weighted by Crippen LogP contribution is 2.16. The average molecular weight is 338 g/mol. The smallest absolute Gasteiger partial charge is 0.265 e. The van der Waals surface area contributed by atoms with Gasteiger partial charge in [0.05, 0.1) is 0 Å². The van der Waals surface area contributed by atoms with E-state index in [9.17, 15) is 18.0 Å². The molecule has 4 nitrogen and oxygen atoms in total. The fourth-order valence-electron chi connectivity index (χ4n) is 2.20. The summed E-state index contributed by atoms with van der Waals surface area (Å²) in [5.74, 6) is -3.69. The number of carbonyl (C=O) groups is 1. The largest absolute Gasteiger partial charge is 0.396 e. The number of amides is 1. The lowest BCUT2D eigenvalue weighted by Gasteiger charge is -2.19. The van der Waals surface area contributed by atoms with Crippen molar-refractivity contribution in [2.75, 3.05) is 6.61 Å². The number of aliphatic hydroxyl groups is 1. The number of hydrogen-bond acceptors (Lipinski definition) is 3. The molecule has 0 aliphatic carbocycles. The van der Waals surface area contributed by atoms with Crippen LogP contribution in [0.4, 0.5) is 13.2 Å². The highest BCUT2D eigenvalue weighted by atomic mass is 19.2. The van der Waals surface area contributed by atoms with Crippen molar-refractivity contribution in [3.8, 4) is 0 Å². The normalized spacial score (nSPS) is 12.0. The van der Waals surface area contributed by atoms with E-state index in [0.29, 0.717) is 11.6 Å². The van der Waals surface area contributed by atoms with Gasteiger partial charge in [-0.05, 0) is 36.6 Å². The molecule has 1 amide bonds. The van der Waals surface area contributed by atoms with Gasteiger partial charge < -0.3 is 5.11 Å². The lowest BCUT2D eigenvalue weighted by Crippen LogP contribution is -2.45. The van der Waals surface area contributed by atoms with Gasteiger partial charge in [0, 0.05) is 24.3 Å².